The van der Waals surface area contributed by atoms with Gasteiger partial charge in [0, 0.05) is 20.1 Å². The van der Waals surface area contributed by atoms with Gasteiger partial charge in [-0.25, -0.2) is 12.8 Å². The van der Waals surface area contributed by atoms with Gasteiger partial charge in [0.1, 0.15) is 10.7 Å². The maximum atomic E-state index is 13.6. The fourth-order valence-corrected chi connectivity index (χ4v) is 3.25. The molecule has 0 aliphatic carbocycles. The van der Waals surface area contributed by atoms with Crippen LogP contribution in [0.25, 0.3) is 0 Å². The molecule has 0 bridgehead atoms. The third kappa shape index (κ3) is 6.17. The number of hydrogen-bond acceptors (Lipinski definition) is 3. The van der Waals surface area contributed by atoms with Crippen LogP contribution in [-0.4, -0.2) is 51.7 Å². The Morgan fingerprint density at radius 1 is 1.30 bits per heavy atom. The van der Waals surface area contributed by atoms with Gasteiger partial charge in [0.2, 0.25) is 0 Å². The Labute approximate surface area is 138 Å². The van der Waals surface area contributed by atoms with Crippen molar-refractivity contribution in [1.82, 2.24) is 10.2 Å². The summed E-state index contributed by atoms with van der Waals surface area (Å²) >= 11 is 0. The van der Waals surface area contributed by atoms with Gasteiger partial charge in [-0.15, -0.1) is 0 Å². The Bertz CT molecular complexity index is 618. The molecular formula is C16H26FN3O2S. The van der Waals surface area contributed by atoms with Crippen LogP contribution < -0.4 is 5.32 Å². The predicted octanol–water partition coefficient (Wildman–Crippen LogP) is 2.30. The summed E-state index contributed by atoms with van der Waals surface area (Å²) in [5.74, 6) is -0.266. The topological polar surface area (TPSA) is 61.8 Å². The van der Waals surface area contributed by atoms with E-state index >= 15 is 0 Å². The number of rotatable bonds is 8. The van der Waals surface area contributed by atoms with Crippen molar-refractivity contribution >= 4 is 15.8 Å². The van der Waals surface area contributed by atoms with Crippen molar-refractivity contribution in [1.29, 1.82) is 0 Å². The van der Waals surface area contributed by atoms with E-state index in [2.05, 4.69) is 17.2 Å². The number of aliphatic imine (C=N–C) groups is 1. The SMILES string of the molecule is CCCCN(C)C(=NCCS(=O)(=O)c1ccccc1F)NCC. The summed E-state index contributed by atoms with van der Waals surface area (Å²) in [6.07, 6.45) is 2.11. The quantitative estimate of drug-likeness (QED) is 0.581. The highest BCUT2D eigenvalue weighted by Gasteiger charge is 2.18. The first-order chi connectivity index (χ1) is 10.9. The van der Waals surface area contributed by atoms with Gasteiger partial charge in [-0.3, -0.25) is 4.99 Å². The van der Waals surface area contributed by atoms with Gasteiger partial charge < -0.3 is 10.2 Å². The van der Waals surface area contributed by atoms with Gasteiger partial charge >= 0.3 is 0 Å². The molecule has 0 saturated carbocycles. The van der Waals surface area contributed by atoms with Crippen LogP contribution in [0.5, 0.6) is 0 Å². The van der Waals surface area contributed by atoms with Gasteiger partial charge in [0.25, 0.3) is 0 Å². The summed E-state index contributed by atoms with van der Waals surface area (Å²) in [6.45, 7) is 5.71. The van der Waals surface area contributed by atoms with Crippen LogP contribution in [0.15, 0.2) is 34.2 Å². The van der Waals surface area contributed by atoms with Crippen LogP contribution in [0, 0.1) is 5.82 Å². The number of halogens is 1. The average Bonchev–Trinajstić information content (AvgIpc) is 2.52. The zero-order valence-electron chi connectivity index (χ0n) is 14.0. The molecule has 0 heterocycles. The van der Waals surface area contributed by atoms with E-state index < -0.39 is 15.7 Å². The Balaban J connectivity index is 2.75. The van der Waals surface area contributed by atoms with Crippen LogP contribution >= 0.6 is 0 Å². The summed E-state index contributed by atoms with van der Waals surface area (Å²) in [5, 5.41) is 3.14. The summed E-state index contributed by atoms with van der Waals surface area (Å²) in [6, 6.07) is 5.42. The van der Waals surface area contributed by atoms with E-state index in [0.29, 0.717) is 12.5 Å². The first-order valence-electron chi connectivity index (χ1n) is 7.89. The van der Waals surface area contributed by atoms with E-state index in [1.54, 1.807) is 0 Å². The smallest absolute Gasteiger partial charge is 0.193 e. The van der Waals surface area contributed by atoms with Crippen molar-refractivity contribution in [3.8, 4) is 0 Å². The molecule has 1 aromatic carbocycles. The van der Waals surface area contributed by atoms with Gasteiger partial charge in [-0.2, -0.15) is 0 Å². The maximum absolute atomic E-state index is 13.6. The van der Waals surface area contributed by atoms with Gasteiger partial charge in [-0.05, 0) is 25.5 Å². The molecule has 0 atom stereocenters. The third-order valence-corrected chi connectivity index (χ3v) is 5.06. The molecule has 23 heavy (non-hydrogen) atoms. The lowest BCUT2D eigenvalue weighted by Gasteiger charge is -2.21. The number of nitrogens with zero attached hydrogens (tertiary/aromatic N) is 2. The molecule has 1 aromatic rings. The summed E-state index contributed by atoms with van der Waals surface area (Å²) in [7, 11) is -1.75. The number of hydrogen-bond donors (Lipinski definition) is 1. The van der Waals surface area contributed by atoms with E-state index in [4.69, 9.17) is 0 Å². The highest BCUT2D eigenvalue weighted by molar-refractivity contribution is 7.91. The normalized spacial score (nSPS) is 12.3. The van der Waals surface area contributed by atoms with Crippen LogP contribution in [0.3, 0.4) is 0 Å². The molecular weight excluding hydrogens is 317 g/mol. The minimum absolute atomic E-state index is 0.0927. The molecule has 1 rings (SSSR count). The number of sulfone groups is 1. The predicted molar refractivity (Wildman–Crippen MR) is 92.0 cm³/mol. The molecule has 5 nitrogen and oxygen atoms in total. The summed E-state index contributed by atoms with van der Waals surface area (Å²) in [5.41, 5.74) is 0. The highest BCUT2D eigenvalue weighted by Crippen LogP contribution is 2.15. The fraction of sp³-hybridized carbons (Fsp3) is 0.562. The van der Waals surface area contributed by atoms with Gasteiger partial charge in [0.15, 0.2) is 15.8 Å². The van der Waals surface area contributed by atoms with Crippen LogP contribution in [-0.2, 0) is 9.84 Å². The average molecular weight is 343 g/mol. The summed E-state index contributed by atoms with van der Waals surface area (Å²) in [4.78, 5) is 6.05. The van der Waals surface area contributed by atoms with Crippen molar-refractivity contribution < 1.29 is 12.8 Å². The standard InChI is InChI=1S/C16H26FN3O2S/c1-4-6-12-20(3)16(18-5-2)19-11-13-23(21,22)15-10-8-7-9-14(15)17/h7-10H,4-6,11-13H2,1-3H3,(H,18,19). The second-order valence-corrected chi connectivity index (χ2v) is 7.34. The maximum Gasteiger partial charge on any atom is 0.193 e. The van der Waals surface area contributed by atoms with Gasteiger partial charge in [-0.1, -0.05) is 25.5 Å². The van der Waals surface area contributed by atoms with E-state index in [0.717, 1.165) is 25.5 Å². The number of nitrogens with one attached hydrogen (secondary N) is 1. The lowest BCUT2D eigenvalue weighted by atomic mass is 10.3. The molecule has 0 aromatic heterocycles. The Hall–Kier alpha value is -1.63. The molecule has 0 amide bonds. The Morgan fingerprint density at radius 3 is 2.61 bits per heavy atom. The number of guanidine groups is 1. The second kappa shape index (κ2) is 9.50. The van der Waals surface area contributed by atoms with E-state index in [9.17, 15) is 12.8 Å². The molecule has 7 heteroatoms. The zero-order chi connectivity index (χ0) is 17.3. The van der Waals surface area contributed by atoms with Crippen molar-refractivity contribution in [3.63, 3.8) is 0 Å². The molecule has 0 unspecified atom stereocenters. The molecule has 0 saturated heterocycles. The molecule has 0 aliphatic rings. The van der Waals surface area contributed by atoms with E-state index in [-0.39, 0.29) is 17.2 Å². The van der Waals surface area contributed by atoms with Crippen LogP contribution in [0.1, 0.15) is 26.7 Å². The second-order valence-electron chi connectivity index (χ2n) is 5.26. The van der Waals surface area contributed by atoms with E-state index in [1.165, 1.54) is 18.2 Å². The molecule has 0 spiro atoms. The minimum atomic E-state index is -3.67. The molecule has 0 aliphatic heterocycles. The van der Waals surface area contributed by atoms with Crippen molar-refractivity contribution in [3.05, 3.63) is 30.1 Å². The third-order valence-electron chi connectivity index (χ3n) is 3.34. The first kappa shape index (κ1) is 19.4. The first-order valence-corrected chi connectivity index (χ1v) is 9.54. The largest absolute Gasteiger partial charge is 0.357 e. The molecule has 130 valence electrons. The van der Waals surface area contributed by atoms with Crippen molar-refractivity contribution in [2.75, 3.05) is 32.4 Å². The Kier molecular flexibility index (Phi) is 8.02. The highest BCUT2D eigenvalue weighted by atomic mass is 32.2. The molecule has 1 N–H and O–H groups in total. The monoisotopic (exact) mass is 343 g/mol. The number of unbranched alkanes of at least 4 members (excludes halogenated alkanes) is 1. The van der Waals surface area contributed by atoms with Crippen LogP contribution in [0.4, 0.5) is 4.39 Å². The fourth-order valence-electron chi connectivity index (χ4n) is 2.05. The minimum Gasteiger partial charge on any atom is -0.357 e. The lowest BCUT2D eigenvalue weighted by Crippen LogP contribution is -2.39. The van der Waals surface area contributed by atoms with Crippen LogP contribution in [0.2, 0.25) is 0 Å². The zero-order valence-corrected chi connectivity index (χ0v) is 14.9. The van der Waals surface area contributed by atoms with Gasteiger partial charge in [0.05, 0.1) is 12.3 Å². The molecule has 0 radical (unpaired) electrons. The Morgan fingerprint density at radius 2 is 2.00 bits per heavy atom. The van der Waals surface area contributed by atoms with Crippen molar-refractivity contribution in [2.45, 2.75) is 31.6 Å². The summed E-state index contributed by atoms with van der Waals surface area (Å²) < 4.78 is 38.0. The number of benzene rings is 1. The van der Waals surface area contributed by atoms with E-state index in [1.807, 2.05) is 18.9 Å². The lowest BCUT2D eigenvalue weighted by molar-refractivity contribution is 0.465. The molecule has 0 fully saturated rings. The van der Waals surface area contributed by atoms with Crippen molar-refractivity contribution in [2.24, 2.45) is 4.99 Å².